The Hall–Kier alpha value is -2.60. The van der Waals surface area contributed by atoms with Crippen LogP contribution in [0.2, 0.25) is 0 Å². The van der Waals surface area contributed by atoms with Gasteiger partial charge in [0.15, 0.2) is 10.8 Å². The zero-order chi connectivity index (χ0) is 18.5. The van der Waals surface area contributed by atoms with Crippen LogP contribution in [0.25, 0.3) is 0 Å². The topological polar surface area (TPSA) is 62.4 Å². The average molecular weight is 367 g/mol. The quantitative estimate of drug-likeness (QED) is 0.712. The lowest BCUT2D eigenvalue weighted by molar-refractivity contribution is -0.132. The lowest BCUT2D eigenvalue weighted by Crippen LogP contribution is -2.70. The van der Waals surface area contributed by atoms with Gasteiger partial charge >= 0.3 is 0 Å². The van der Waals surface area contributed by atoms with Crippen molar-refractivity contribution in [2.75, 3.05) is 5.32 Å². The molecule has 0 saturated carbocycles. The van der Waals surface area contributed by atoms with Crippen LogP contribution in [0.15, 0.2) is 42.5 Å². The fraction of sp³-hybridized carbons (Fsp3) is 0.300. The Balaban J connectivity index is 1.71. The molecule has 3 atom stereocenters. The largest absolute Gasteiger partial charge is 0.467 e. The normalized spacial score (nSPS) is 26.0. The van der Waals surface area contributed by atoms with E-state index in [-0.39, 0.29) is 11.9 Å². The maximum Gasteiger partial charge on any atom is 0.236 e. The first-order valence-corrected chi connectivity index (χ1v) is 9.03. The van der Waals surface area contributed by atoms with Crippen molar-refractivity contribution < 1.29 is 9.53 Å². The summed E-state index contributed by atoms with van der Waals surface area (Å²) >= 11 is 5.33. The second-order valence-corrected chi connectivity index (χ2v) is 7.52. The van der Waals surface area contributed by atoms with Crippen molar-refractivity contribution in [1.29, 1.82) is 0 Å². The van der Waals surface area contributed by atoms with Crippen molar-refractivity contribution in [2.24, 2.45) is 5.92 Å². The van der Waals surface area contributed by atoms with Crippen LogP contribution in [0.4, 0.5) is 5.69 Å². The molecule has 2 heterocycles. The van der Waals surface area contributed by atoms with Crippen molar-refractivity contribution in [3.63, 3.8) is 0 Å². The number of nitrogens with one attached hydrogen (secondary N) is 3. The Labute approximate surface area is 158 Å². The van der Waals surface area contributed by atoms with Crippen LogP contribution in [-0.4, -0.2) is 16.7 Å². The van der Waals surface area contributed by atoms with E-state index in [1.54, 1.807) is 0 Å². The molecule has 6 heteroatoms. The minimum atomic E-state index is -0.913. The Morgan fingerprint density at radius 1 is 1.23 bits per heavy atom. The van der Waals surface area contributed by atoms with Crippen molar-refractivity contribution in [2.45, 2.75) is 32.5 Å². The van der Waals surface area contributed by atoms with Crippen molar-refractivity contribution in [3.8, 4) is 5.75 Å². The maximum atomic E-state index is 13.2. The van der Waals surface area contributed by atoms with Crippen LogP contribution >= 0.6 is 12.2 Å². The highest BCUT2D eigenvalue weighted by Gasteiger charge is 2.54. The van der Waals surface area contributed by atoms with Crippen LogP contribution in [0.3, 0.4) is 0 Å². The van der Waals surface area contributed by atoms with E-state index in [4.69, 9.17) is 17.0 Å². The monoisotopic (exact) mass is 367 g/mol. The molecule has 2 aliphatic heterocycles. The van der Waals surface area contributed by atoms with Gasteiger partial charge in [-0.15, -0.1) is 0 Å². The molecular formula is C20H21N3O2S. The highest BCUT2D eigenvalue weighted by atomic mass is 32.1. The predicted molar refractivity (Wildman–Crippen MR) is 105 cm³/mol. The van der Waals surface area contributed by atoms with Gasteiger partial charge in [0.25, 0.3) is 0 Å². The van der Waals surface area contributed by atoms with Gasteiger partial charge in [0.2, 0.25) is 5.91 Å². The first-order valence-electron chi connectivity index (χ1n) is 8.62. The highest BCUT2D eigenvalue weighted by molar-refractivity contribution is 7.80. The fourth-order valence-electron chi connectivity index (χ4n) is 3.85. The number of hydrogen-bond acceptors (Lipinski definition) is 3. The fourth-order valence-corrected chi connectivity index (χ4v) is 4.18. The molecule has 0 spiro atoms. The zero-order valence-corrected chi connectivity index (χ0v) is 15.7. The SMILES string of the molecule is Cc1ccc(NC(=O)[C@@H]2[C@@H]3NC(=S)N[C@@]2(C)Oc2ccccc23)c(C)c1. The van der Waals surface area contributed by atoms with Gasteiger partial charge < -0.3 is 20.7 Å². The van der Waals surface area contributed by atoms with Crippen molar-refractivity contribution in [1.82, 2.24) is 10.6 Å². The molecule has 0 radical (unpaired) electrons. The van der Waals surface area contributed by atoms with Gasteiger partial charge in [0.05, 0.1) is 6.04 Å². The van der Waals surface area contributed by atoms with Gasteiger partial charge in [-0.2, -0.15) is 0 Å². The Morgan fingerprint density at radius 3 is 2.77 bits per heavy atom. The van der Waals surface area contributed by atoms with Gasteiger partial charge in [-0.3, -0.25) is 4.79 Å². The second-order valence-electron chi connectivity index (χ2n) is 7.11. The standard InChI is InChI=1S/C20H21N3O2S/c1-11-8-9-14(12(2)10-11)21-18(24)16-17-13-6-4-5-7-15(13)25-20(16,3)23-19(26)22-17/h4-10,16-17H,1-3H3,(H,21,24)(H2,22,23,26)/t16-,17+,20-/m0/s1. The van der Waals surface area contributed by atoms with E-state index in [0.717, 1.165) is 28.1 Å². The summed E-state index contributed by atoms with van der Waals surface area (Å²) in [7, 11) is 0. The summed E-state index contributed by atoms with van der Waals surface area (Å²) in [6.07, 6.45) is 0. The molecule has 2 aromatic carbocycles. The van der Waals surface area contributed by atoms with Crippen LogP contribution in [0.1, 0.15) is 29.7 Å². The number of thiocarbonyl (C=S) groups is 1. The molecule has 0 aliphatic carbocycles. The number of aryl methyl sites for hydroxylation is 2. The molecule has 1 fully saturated rings. The first kappa shape index (κ1) is 16.8. The summed E-state index contributed by atoms with van der Waals surface area (Å²) in [4.78, 5) is 13.2. The van der Waals surface area contributed by atoms with Gasteiger partial charge in [-0.1, -0.05) is 35.9 Å². The number of hydrogen-bond donors (Lipinski definition) is 3. The smallest absolute Gasteiger partial charge is 0.236 e. The van der Waals surface area contributed by atoms with E-state index in [1.165, 1.54) is 0 Å². The Bertz CT molecular complexity index is 914. The number of anilines is 1. The minimum Gasteiger partial charge on any atom is -0.467 e. The molecular weight excluding hydrogens is 346 g/mol. The third-order valence-electron chi connectivity index (χ3n) is 5.07. The number of benzene rings is 2. The molecule has 3 N–H and O–H groups in total. The molecule has 26 heavy (non-hydrogen) atoms. The number of carbonyl (C=O) groups is 1. The molecule has 134 valence electrons. The van der Waals surface area contributed by atoms with Gasteiger partial charge in [0.1, 0.15) is 11.7 Å². The first-order chi connectivity index (χ1) is 12.4. The zero-order valence-electron chi connectivity index (χ0n) is 14.9. The lowest BCUT2D eigenvalue weighted by Gasteiger charge is -2.50. The molecule has 0 unspecified atom stereocenters. The third-order valence-corrected chi connectivity index (χ3v) is 5.29. The third kappa shape index (κ3) is 2.70. The van der Waals surface area contributed by atoms with E-state index >= 15 is 0 Å². The molecule has 4 rings (SSSR count). The number of ether oxygens (including phenoxy) is 1. The van der Waals surface area contributed by atoms with E-state index in [2.05, 4.69) is 22.0 Å². The van der Waals surface area contributed by atoms with Gasteiger partial charge in [0, 0.05) is 11.3 Å². The molecule has 2 bridgehead atoms. The Kier molecular flexibility index (Phi) is 3.88. The van der Waals surface area contributed by atoms with E-state index in [0.29, 0.717) is 5.11 Å². The molecule has 1 saturated heterocycles. The lowest BCUT2D eigenvalue weighted by atomic mass is 9.80. The predicted octanol–water partition coefficient (Wildman–Crippen LogP) is 3.19. The molecule has 1 amide bonds. The maximum absolute atomic E-state index is 13.2. The van der Waals surface area contributed by atoms with E-state index in [1.807, 2.05) is 57.2 Å². The minimum absolute atomic E-state index is 0.110. The summed E-state index contributed by atoms with van der Waals surface area (Å²) in [6.45, 7) is 5.89. The molecule has 0 aromatic heterocycles. The van der Waals surface area contributed by atoms with Crippen LogP contribution in [0.5, 0.6) is 5.75 Å². The summed E-state index contributed by atoms with van der Waals surface area (Å²) in [5.74, 6) is 0.171. The average Bonchev–Trinajstić information content (AvgIpc) is 2.56. The van der Waals surface area contributed by atoms with E-state index in [9.17, 15) is 4.79 Å². The Morgan fingerprint density at radius 2 is 2.00 bits per heavy atom. The summed E-state index contributed by atoms with van der Waals surface area (Å²) in [5.41, 5.74) is 3.03. The number of fused-ring (bicyclic) bond motifs is 4. The van der Waals surface area contributed by atoms with Crippen molar-refractivity contribution >= 4 is 28.9 Å². The summed E-state index contributed by atoms with van der Waals surface area (Å²) in [5, 5.41) is 9.94. The van der Waals surface area contributed by atoms with Crippen LogP contribution in [-0.2, 0) is 4.79 Å². The molecule has 5 nitrogen and oxygen atoms in total. The van der Waals surface area contributed by atoms with Gasteiger partial charge in [-0.25, -0.2) is 0 Å². The van der Waals surface area contributed by atoms with Crippen molar-refractivity contribution in [3.05, 3.63) is 59.2 Å². The number of amides is 1. The highest BCUT2D eigenvalue weighted by Crippen LogP contribution is 2.45. The number of rotatable bonds is 2. The number of para-hydroxylation sites is 1. The van der Waals surface area contributed by atoms with Crippen LogP contribution < -0.4 is 20.7 Å². The second kappa shape index (κ2) is 5.99. The van der Waals surface area contributed by atoms with E-state index < -0.39 is 11.6 Å². The summed E-state index contributed by atoms with van der Waals surface area (Å²) in [6, 6.07) is 13.5. The number of carbonyl (C=O) groups excluding carboxylic acids is 1. The molecule has 2 aliphatic rings. The summed E-state index contributed by atoms with van der Waals surface area (Å²) < 4.78 is 6.18. The molecule has 2 aromatic rings. The van der Waals surface area contributed by atoms with Gasteiger partial charge in [-0.05, 0) is 50.7 Å². The van der Waals surface area contributed by atoms with Crippen LogP contribution in [0, 0.1) is 19.8 Å².